The normalized spacial score (nSPS) is 10.9. The molecule has 2 aromatic carbocycles. The van der Waals surface area contributed by atoms with Crippen molar-refractivity contribution >= 4 is 38.9 Å². The van der Waals surface area contributed by atoms with E-state index in [1.807, 2.05) is 0 Å². The lowest BCUT2D eigenvalue weighted by Gasteiger charge is -2.13. The number of ether oxygens (including phenoxy) is 1. The van der Waals surface area contributed by atoms with Gasteiger partial charge in [0.15, 0.2) is 0 Å². The van der Waals surface area contributed by atoms with E-state index in [4.69, 9.17) is 16.3 Å². The molecule has 0 atom stereocenters. The summed E-state index contributed by atoms with van der Waals surface area (Å²) < 4.78 is 32.2. The highest BCUT2D eigenvalue weighted by molar-refractivity contribution is 7.92. The lowest BCUT2D eigenvalue weighted by Crippen LogP contribution is -2.13. The van der Waals surface area contributed by atoms with Crippen LogP contribution in [0.2, 0.25) is 5.02 Å². The molecule has 6 nitrogen and oxygen atoms in total. The van der Waals surface area contributed by atoms with Gasteiger partial charge >= 0.3 is 0 Å². The maximum Gasteiger partial charge on any atom is 0.261 e. The van der Waals surface area contributed by atoms with Gasteiger partial charge in [-0.3, -0.25) is 9.52 Å². The zero-order chi connectivity index (χ0) is 17.0. The van der Waals surface area contributed by atoms with Crippen LogP contribution >= 0.6 is 11.6 Å². The van der Waals surface area contributed by atoms with E-state index in [0.29, 0.717) is 22.1 Å². The van der Waals surface area contributed by atoms with E-state index in [0.717, 1.165) is 0 Å². The Balaban J connectivity index is 2.32. The van der Waals surface area contributed by atoms with Crippen molar-refractivity contribution in [2.45, 2.75) is 11.8 Å². The maximum absolute atomic E-state index is 12.3. The van der Waals surface area contributed by atoms with Crippen molar-refractivity contribution in [1.82, 2.24) is 0 Å². The van der Waals surface area contributed by atoms with Gasteiger partial charge in [-0.1, -0.05) is 11.6 Å². The number of hydrogen-bond acceptors (Lipinski definition) is 4. The molecule has 2 aromatic rings. The molecule has 0 spiro atoms. The average Bonchev–Trinajstić information content (AvgIpc) is 2.47. The number of methoxy groups -OCH3 is 1. The molecule has 8 heteroatoms. The van der Waals surface area contributed by atoms with Crippen molar-refractivity contribution in [3.63, 3.8) is 0 Å². The number of amides is 1. The van der Waals surface area contributed by atoms with E-state index in [1.165, 1.54) is 50.4 Å². The Hall–Kier alpha value is -2.25. The monoisotopic (exact) mass is 354 g/mol. The largest absolute Gasteiger partial charge is 0.495 e. The first-order valence-corrected chi connectivity index (χ1v) is 8.42. The highest BCUT2D eigenvalue weighted by Crippen LogP contribution is 2.29. The predicted octanol–water partition coefficient (Wildman–Crippen LogP) is 3.11. The molecule has 0 saturated carbocycles. The van der Waals surface area contributed by atoms with Crippen LogP contribution in [0, 0.1) is 0 Å². The summed E-state index contributed by atoms with van der Waals surface area (Å²) >= 11 is 5.76. The van der Waals surface area contributed by atoms with Crippen LogP contribution in [0.1, 0.15) is 6.92 Å². The minimum atomic E-state index is -3.76. The molecule has 0 fully saturated rings. The molecule has 0 saturated heterocycles. The first-order chi connectivity index (χ1) is 10.8. The Bertz CT molecular complexity index is 820. The third-order valence-electron chi connectivity index (χ3n) is 2.89. The number of nitrogens with one attached hydrogen (secondary N) is 2. The van der Waals surface area contributed by atoms with Gasteiger partial charge in [0.1, 0.15) is 5.75 Å². The molecule has 0 aliphatic heterocycles. The van der Waals surface area contributed by atoms with Gasteiger partial charge in [0, 0.05) is 11.9 Å². The molecule has 0 aliphatic carbocycles. The van der Waals surface area contributed by atoms with Crippen molar-refractivity contribution in [2.24, 2.45) is 0 Å². The molecule has 2 N–H and O–H groups in total. The van der Waals surface area contributed by atoms with Crippen molar-refractivity contribution in [3.8, 4) is 5.75 Å². The number of carbonyl (C=O) groups excluding carboxylic acids is 1. The quantitative estimate of drug-likeness (QED) is 0.864. The molecule has 122 valence electrons. The Labute approximate surface area is 139 Å². The summed E-state index contributed by atoms with van der Waals surface area (Å²) in [5.41, 5.74) is 0.667. The topological polar surface area (TPSA) is 84.5 Å². The van der Waals surface area contributed by atoms with Crippen molar-refractivity contribution in [3.05, 3.63) is 47.5 Å². The number of sulfonamides is 1. The lowest BCUT2D eigenvalue weighted by molar-refractivity contribution is -0.114. The van der Waals surface area contributed by atoms with Gasteiger partial charge in [-0.15, -0.1) is 0 Å². The van der Waals surface area contributed by atoms with Gasteiger partial charge in [0.2, 0.25) is 5.91 Å². The Kier molecular flexibility index (Phi) is 5.12. The maximum atomic E-state index is 12.3. The van der Waals surface area contributed by atoms with Crippen molar-refractivity contribution in [2.75, 3.05) is 17.1 Å². The number of anilines is 2. The fourth-order valence-electron chi connectivity index (χ4n) is 1.89. The number of rotatable bonds is 5. The van der Waals surface area contributed by atoms with Gasteiger partial charge < -0.3 is 10.1 Å². The van der Waals surface area contributed by atoms with Crippen LogP contribution in [0.3, 0.4) is 0 Å². The first kappa shape index (κ1) is 17.1. The van der Waals surface area contributed by atoms with Crippen LogP contribution in [-0.4, -0.2) is 21.4 Å². The molecule has 2 rings (SSSR count). The van der Waals surface area contributed by atoms with E-state index in [1.54, 1.807) is 6.07 Å². The van der Waals surface area contributed by atoms with E-state index < -0.39 is 10.0 Å². The summed E-state index contributed by atoms with van der Waals surface area (Å²) in [5, 5.41) is 3.03. The molecule has 0 aliphatic rings. The summed E-state index contributed by atoms with van der Waals surface area (Å²) in [6.07, 6.45) is 0. The van der Waals surface area contributed by atoms with Crippen LogP contribution in [0.15, 0.2) is 47.4 Å². The molecule has 0 heterocycles. The second-order valence-corrected chi connectivity index (χ2v) is 6.77. The lowest BCUT2D eigenvalue weighted by atomic mass is 10.2. The minimum Gasteiger partial charge on any atom is -0.495 e. The molecular formula is C15H15ClN2O4S. The smallest absolute Gasteiger partial charge is 0.261 e. The third kappa shape index (κ3) is 4.37. The number of hydrogen-bond donors (Lipinski definition) is 2. The first-order valence-electron chi connectivity index (χ1n) is 6.56. The van der Waals surface area contributed by atoms with Crippen LogP contribution in [0.5, 0.6) is 5.75 Å². The fraction of sp³-hybridized carbons (Fsp3) is 0.133. The van der Waals surface area contributed by atoms with Gasteiger partial charge in [-0.2, -0.15) is 0 Å². The third-order valence-corrected chi connectivity index (χ3v) is 4.54. The van der Waals surface area contributed by atoms with E-state index in [-0.39, 0.29) is 10.8 Å². The minimum absolute atomic E-state index is 0.0822. The second kappa shape index (κ2) is 6.89. The summed E-state index contributed by atoms with van der Waals surface area (Å²) in [5.74, 6) is 0.135. The Morgan fingerprint density at radius 3 is 2.35 bits per heavy atom. The predicted molar refractivity (Wildman–Crippen MR) is 89.6 cm³/mol. The zero-order valence-corrected chi connectivity index (χ0v) is 14.0. The van der Waals surface area contributed by atoms with Crippen LogP contribution in [0.4, 0.5) is 11.4 Å². The van der Waals surface area contributed by atoms with Gasteiger partial charge in [0.25, 0.3) is 10.0 Å². The zero-order valence-electron chi connectivity index (χ0n) is 12.5. The molecule has 0 bridgehead atoms. The van der Waals surface area contributed by atoms with Crippen molar-refractivity contribution < 1.29 is 17.9 Å². The number of carbonyl (C=O) groups is 1. The molecule has 0 aromatic heterocycles. The molecular weight excluding hydrogens is 340 g/mol. The second-order valence-electron chi connectivity index (χ2n) is 4.66. The summed E-state index contributed by atoms with van der Waals surface area (Å²) in [7, 11) is -2.30. The average molecular weight is 355 g/mol. The van der Waals surface area contributed by atoms with Crippen LogP contribution in [0.25, 0.3) is 0 Å². The highest BCUT2D eigenvalue weighted by atomic mass is 35.5. The summed E-state index contributed by atoms with van der Waals surface area (Å²) in [6, 6.07) is 10.4. The van der Waals surface area contributed by atoms with E-state index >= 15 is 0 Å². The van der Waals surface area contributed by atoms with Gasteiger partial charge in [-0.25, -0.2) is 8.42 Å². The number of halogens is 1. The highest BCUT2D eigenvalue weighted by Gasteiger charge is 2.15. The van der Waals surface area contributed by atoms with Gasteiger partial charge in [0.05, 0.1) is 23.4 Å². The SMILES string of the molecule is COc1ccc(NS(=O)(=O)c2ccc(Cl)cc2)cc1NC(C)=O. The summed E-state index contributed by atoms with van der Waals surface area (Å²) in [4.78, 5) is 11.3. The summed E-state index contributed by atoms with van der Waals surface area (Å²) in [6.45, 7) is 1.35. The fourth-order valence-corrected chi connectivity index (χ4v) is 3.06. The molecule has 1 amide bonds. The van der Waals surface area contributed by atoms with Gasteiger partial charge in [-0.05, 0) is 42.5 Å². The van der Waals surface area contributed by atoms with E-state index in [2.05, 4.69) is 10.0 Å². The molecule has 0 radical (unpaired) electrons. The van der Waals surface area contributed by atoms with Crippen LogP contribution in [-0.2, 0) is 14.8 Å². The Morgan fingerprint density at radius 1 is 1.13 bits per heavy atom. The number of benzene rings is 2. The van der Waals surface area contributed by atoms with E-state index in [9.17, 15) is 13.2 Å². The van der Waals surface area contributed by atoms with Crippen LogP contribution < -0.4 is 14.8 Å². The molecule has 0 unspecified atom stereocenters. The van der Waals surface area contributed by atoms with Crippen molar-refractivity contribution in [1.29, 1.82) is 0 Å². The Morgan fingerprint density at radius 2 is 1.78 bits per heavy atom. The standard InChI is InChI=1S/C15H15ClN2O4S/c1-10(19)17-14-9-12(5-8-15(14)22-2)18-23(20,21)13-6-3-11(16)4-7-13/h3-9,18H,1-2H3,(H,17,19). The molecule has 23 heavy (non-hydrogen) atoms.